The van der Waals surface area contributed by atoms with Crippen molar-refractivity contribution in [3.63, 3.8) is 0 Å². The fourth-order valence-corrected chi connectivity index (χ4v) is 4.81. The number of aliphatic hydroxyl groups excluding tert-OH is 1. The summed E-state index contributed by atoms with van der Waals surface area (Å²) in [5.74, 6) is 0.140. The molecule has 168 valence electrons. The number of aliphatic imine (C=N–C) groups is 1. The number of carbonyl (C=O) groups is 1. The van der Waals surface area contributed by atoms with E-state index in [-0.39, 0.29) is 17.5 Å². The fraction of sp³-hybridized carbons (Fsp3) is 0.161. The molecular weight excluding hydrogens is 418 g/mol. The van der Waals surface area contributed by atoms with E-state index in [1.54, 1.807) is 0 Å². The SMILES string of the molecule is O=C1CC(c2ccccc2)CC(=NCc2ccccc2)/C1=C(\O)Cc1cccc2ccccc12. The lowest BCUT2D eigenvalue weighted by Gasteiger charge is -2.26. The third-order valence-electron chi connectivity index (χ3n) is 6.53. The first-order chi connectivity index (χ1) is 16.7. The van der Waals surface area contributed by atoms with Gasteiger partial charge in [0.05, 0.1) is 17.8 Å². The molecular formula is C31H27NO2. The number of hydrogen-bond donors (Lipinski definition) is 1. The Hall–Kier alpha value is -3.98. The van der Waals surface area contributed by atoms with Crippen molar-refractivity contribution in [2.24, 2.45) is 4.99 Å². The third-order valence-corrected chi connectivity index (χ3v) is 6.53. The van der Waals surface area contributed by atoms with Crippen molar-refractivity contribution >= 4 is 22.3 Å². The molecule has 1 saturated carbocycles. The van der Waals surface area contributed by atoms with Gasteiger partial charge in [-0.25, -0.2) is 0 Å². The van der Waals surface area contributed by atoms with Gasteiger partial charge >= 0.3 is 0 Å². The Morgan fingerprint density at radius 2 is 1.47 bits per heavy atom. The molecule has 0 aromatic heterocycles. The van der Waals surface area contributed by atoms with Crippen LogP contribution >= 0.6 is 0 Å². The second kappa shape index (κ2) is 9.88. The second-order valence-corrected chi connectivity index (χ2v) is 8.82. The number of nitrogens with zero attached hydrogens (tertiary/aromatic N) is 1. The smallest absolute Gasteiger partial charge is 0.168 e. The zero-order valence-electron chi connectivity index (χ0n) is 19.0. The summed E-state index contributed by atoms with van der Waals surface area (Å²) in [6.07, 6.45) is 1.32. The van der Waals surface area contributed by atoms with Gasteiger partial charge in [0.15, 0.2) is 5.78 Å². The summed E-state index contributed by atoms with van der Waals surface area (Å²) >= 11 is 0. The van der Waals surface area contributed by atoms with Crippen LogP contribution in [0, 0.1) is 0 Å². The van der Waals surface area contributed by atoms with Crippen molar-refractivity contribution in [1.82, 2.24) is 0 Å². The molecule has 34 heavy (non-hydrogen) atoms. The second-order valence-electron chi connectivity index (χ2n) is 8.82. The van der Waals surface area contributed by atoms with Crippen LogP contribution in [0.2, 0.25) is 0 Å². The molecule has 3 nitrogen and oxygen atoms in total. The highest BCUT2D eigenvalue weighted by molar-refractivity contribution is 6.24. The molecule has 1 fully saturated rings. The number of ketones is 1. The minimum atomic E-state index is -0.0374. The number of allylic oxidation sites excluding steroid dienone is 2. The van der Waals surface area contributed by atoms with E-state index in [1.807, 2.05) is 72.8 Å². The van der Waals surface area contributed by atoms with E-state index in [4.69, 9.17) is 4.99 Å². The van der Waals surface area contributed by atoms with E-state index in [0.29, 0.717) is 37.1 Å². The van der Waals surface area contributed by atoms with Crippen LogP contribution in [-0.4, -0.2) is 16.6 Å². The molecule has 0 amide bonds. The van der Waals surface area contributed by atoms with E-state index in [9.17, 15) is 9.90 Å². The van der Waals surface area contributed by atoms with Gasteiger partial charge in [0.2, 0.25) is 0 Å². The highest BCUT2D eigenvalue weighted by atomic mass is 16.3. The zero-order valence-corrected chi connectivity index (χ0v) is 19.0. The molecule has 0 spiro atoms. The monoisotopic (exact) mass is 445 g/mol. The van der Waals surface area contributed by atoms with Crippen molar-refractivity contribution in [1.29, 1.82) is 0 Å². The molecule has 1 unspecified atom stereocenters. The third kappa shape index (κ3) is 4.69. The first kappa shape index (κ1) is 21.8. The van der Waals surface area contributed by atoms with E-state index < -0.39 is 0 Å². The maximum atomic E-state index is 13.4. The number of carbonyl (C=O) groups excluding carboxylic acids is 1. The predicted octanol–water partition coefficient (Wildman–Crippen LogP) is 6.98. The summed E-state index contributed by atoms with van der Waals surface area (Å²) in [7, 11) is 0. The number of benzene rings is 4. The Morgan fingerprint density at radius 1 is 0.794 bits per heavy atom. The van der Waals surface area contributed by atoms with Crippen molar-refractivity contribution < 1.29 is 9.90 Å². The number of rotatable bonds is 5. The molecule has 1 aliphatic carbocycles. The Kier molecular flexibility index (Phi) is 6.35. The number of Topliss-reactive ketones (excluding diaryl/α,β-unsaturated/α-hetero) is 1. The molecule has 0 bridgehead atoms. The van der Waals surface area contributed by atoms with Crippen molar-refractivity contribution in [3.05, 3.63) is 131 Å². The molecule has 3 heteroatoms. The lowest BCUT2D eigenvalue weighted by Crippen LogP contribution is -2.27. The average molecular weight is 446 g/mol. The molecule has 0 aliphatic heterocycles. The highest BCUT2D eigenvalue weighted by Crippen LogP contribution is 2.34. The van der Waals surface area contributed by atoms with Crippen LogP contribution in [-0.2, 0) is 17.8 Å². The Bertz CT molecular complexity index is 1370. The highest BCUT2D eigenvalue weighted by Gasteiger charge is 2.32. The van der Waals surface area contributed by atoms with Crippen LogP contribution in [0.5, 0.6) is 0 Å². The van der Waals surface area contributed by atoms with Gasteiger partial charge in [0.25, 0.3) is 0 Å². The van der Waals surface area contributed by atoms with E-state index in [2.05, 4.69) is 30.3 Å². The number of aliphatic hydroxyl groups is 1. The lowest BCUT2D eigenvalue weighted by atomic mass is 9.78. The summed E-state index contributed by atoms with van der Waals surface area (Å²) in [5.41, 5.74) is 4.32. The summed E-state index contributed by atoms with van der Waals surface area (Å²) in [6, 6.07) is 34.3. The maximum absolute atomic E-state index is 13.4. The molecule has 0 heterocycles. The van der Waals surface area contributed by atoms with Gasteiger partial charge in [-0.05, 0) is 39.8 Å². The fourth-order valence-electron chi connectivity index (χ4n) is 4.81. The topological polar surface area (TPSA) is 49.7 Å². The standard InChI is InChI=1S/C31H27NO2/c33-29(19-25-16-9-15-24-14-7-8-17-27(24)25)31-28(32-21-22-10-3-1-4-11-22)18-26(20-30(31)34)23-12-5-2-6-13-23/h1-17,26,33H,18-21H2/b31-29+,32-28?. The lowest BCUT2D eigenvalue weighted by molar-refractivity contribution is -0.115. The van der Waals surface area contributed by atoms with Crippen LogP contribution in [0.1, 0.15) is 35.4 Å². The molecule has 0 saturated heterocycles. The van der Waals surface area contributed by atoms with Gasteiger partial charge in [-0.3, -0.25) is 9.79 Å². The summed E-state index contributed by atoms with van der Waals surface area (Å²) in [4.78, 5) is 18.3. The van der Waals surface area contributed by atoms with Gasteiger partial charge in [-0.2, -0.15) is 0 Å². The minimum absolute atomic E-state index is 0.0374. The maximum Gasteiger partial charge on any atom is 0.168 e. The molecule has 4 aromatic rings. The zero-order chi connectivity index (χ0) is 23.3. The number of hydrogen-bond acceptors (Lipinski definition) is 3. The van der Waals surface area contributed by atoms with E-state index >= 15 is 0 Å². The molecule has 1 aliphatic rings. The Balaban J connectivity index is 1.52. The molecule has 1 N–H and O–H groups in total. The molecule has 5 rings (SSSR count). The van der Waals surface area contributed by atoms with Gasteiger partial charge in [-0.15, -0.1) is 0 Å². The molecule has 1 atom stereocenters. The van der Waals surface area contributed by atoms with Gasteiger partial charge in [0, 0.05) is 12.8 Å². The first-order valence-corrected chi connectivity index (χ1v) is 11.7. The van der Waals surface area contributed by atoms with Gasteiger partial charge in [0.1, 0.15) is 5.76 Å². The first-order valence-electron chi connectivity index (χ1n) is 11.7. The largest absolute Gasteiger partial charge is 0.511 e. The van der Waals surface area contributed by atoms with Gasteiger partial charge < -0.3 is 5.11 Å². The van der Waals surface area contributed by atoms with E-state index in [1.165, 1.54) is 0 Å². The average Bonchev–Trinajstić information content (AvgIpc) is 2.88. The van der Waals surface area contributed by atoms with Crippen molar-refractivity contribution in [3.8, 4) is 0 Å². The predicted molar refractivity (Wildman–Crippen MR) is 138 cm³/mol. The van der Waals surface area contributed by atoms with Crippen molar-refractivity contribution in [2.45, 2.75) is 31.7 Å². The van der Waals surface area contributed by atoms with E-state index in [0.717, 1.165) is 27.5 Å². The Labute approximate surface area is 200 Å². The van der Waals surface area contributed by atoms with Crippen molar-refractivity contribution in [2.75, 3.05) is 0 Å². The number of fused-ring (bicyclic) bond motifs is 1. The van der Waals surface area contributed by atoms with Crippen LogP contribution in [0.25, 0.3) is 10.8 Å². The Morgan fingerprint density at radius 3 is 2.26 bits per heavy atom. The van der Waals surface area contributed by atoms with Crippen LogP contribution in [0.15, 0.2) is 119 Å². The van der Waals surface area contributed by atoms with Gasteiger partial charge in [-0.1, -0.05) is 103 Å². The van der Waals surface area contributed by atoms with Crippen LogP contribution < -0.4 is 0 Å². The summed E-state index contributed by atoms with van der Waals surface area (Å²) in [5, 5.41) is 13.5. The quantitative estimate of drug-likeness (QED) is 0.266. The molecule has 4 aromatic carbocycles. The van der Waals surface area contributed by atoms with Crippen LogP contribution in [0.3, 0.4) is 0 Å². The minimum Gasteiger partial charge on any atom is -0.511 e. The van der Waals surface area contributed by atoms with Crippen LogP contribution in [0.4, 0.5) is 0 Å². The molecule has 0 radical (unpaired) electrons. The summed E-state index contributed by atoms with van der Waals surface area (Å²) in [6.45, 7) is 0.482. The summed E-state index contributed by atoms with van der Waals surface area (Å²) < 4.78 is 0. The normalized spacial score (nSPS) is 18.9.